The first-order valence-electron chi connectivity index (χ1n) is 8.31. The van der Waals surface area contributed by atoms with E-state index in [1.165, 1.54) is 0 Å². The first kappa shape index (κ1) is 23.7. The highest BCUT2D eigenvalue weighted by atomic mass is 127. The van der Waals surface area contributed by atoms with E-state index in [1.807, 2.05) is 36.1 Å². The van der Waals surface area contributed by atoms with Gasteiger partial charge in [-0.3, -0.25) is 0 Å². The summed E-state index contributed by atoms with van der Waals surface area (Å²) in [5.41, 5.74) is 0. The maximum Gasteiger partial charge on any atom is 0.389 e. The lowest BCUT2D eigenvalue weighted by Gasteiger charge is -2.12. The van der Waals surface area contributed by atoms with Crippen molar-refractivity contribution in [1.29, 1.82) is 0 Å². The molecule has 152 valence electrons. The van der Waals surface area contributed by atoms with Crippen LogP contribution in [-0.4, -0.2) is 33.4 Å². The van der Waals surface area contributed by atoms with Crippen molar-refractivity contribution in [1.82, 2.24) is 25.4 Å². The van der Waals surface area contributed by atoms with Crippen molar-refractivity contribution < 1.29 is 13.2 Å². The Hall–Kier alpha value is -1.37. The van der Waals surface area contributed by atoms with Gasteiger partial charge in [0.25, 0.3) is 0 Å². The number of halogens is 4. The Kier molecular flexibility index (Phi) is 10.1. The van der Waals surface area contributed by atoms with Crippen LogP contribution in [0.2, 0.25) is 0 Å². The van der Waals surface area contributed by atoms with E-state index in [2.05, 4.69) is 25.8 Å². The lowest BCUT2D eigenvalue weighted by molar-refractivity contribution is -0.135. The molecule has 6 nitrogen and oxygen atoms in total. The molecular weight excluding hydrogens is 492 g/mol. The molecule has 0 aliphatic heterocycles. The van der Waals surface area contributed by atoms with E-state index < -0.39 is 12.6 Å². The molecule has 27 heavy (non-hydrogen) atoms. The van der Waals surface area contributed by atoms with Crippen molar-refractivity contribution >= 4 is 41.3 Å². The molecule has 0 unspecified atom stereocenters. The molecule has 0 amide bonds. The number of guanidine groups is 1. The number of aromatic nitrogens is 3. The number of hydrogen-bond donors (Lipinski definition) is 2. The molecule has 0 aliphatic rings. The molecule has 2 N–H and O–H groups in total. The Balaban J connectivity index is 0.00000364. The minimum atomic E-state index is -4.10. The fourth-order valence-corrected chi connectivity index (χ4v) is 2.80. The molecule has 0 radical (unpaired) electrons. The van der Waals surface area contributed by atoms with Crippen LogP contribution in [0.25, 0.3) is 0 Å². The number of rotatable bonds is 8. The average Bonchev–Trinajstić information content (AvgIpc) is 3.20. The SMILES string of the molecule is Cc1nnc(CN=C(NCCCCC(F)(F)F)NCc2cccs2)n1C.I. The Morgan fingerprint density at radius 3 is 2.63 bits per heavy atom. The van der Waals surface area contributed by atoms with Gasteiger partial charge in [0.05, 0.1) is 6.54 Å². The topological polar surface area (TPSA) is 67.1 Å². The Labute approximate surface area is 177 Å². The van der Waals surface area contributed by atoms with E-state index in [0.717, 1.165) is 16.5 Å². The third kappa shape index (κ3) is 8.91. The van der Waals surface area contributed by atoms with Crippen molar-refractivity contribution in [2.75, 3.05) is 6.54 Å². The van der Waals surface area contributed by atoms with Gasteiger partial charge < -0.3 is 15.2 Å². The Morgan fingerprint density at radius 2 is 2.04 bits per heavy atom. The summed E-state index contributed by atoms with van der Waals surface area (Å²) >= 11 is 1.62. The van der Waals surface area contributed by atoms with E-state index in [9.17, 15) is 13.2 Å². The summed E-state index contributed by atoms with van der Waals surface area (Å²) in [6.07, 6.45) is -4.35. The van der Waals surface area contributed by atoms with Crippen molar-refractivity contribution in [3.8, 4) is 0 Å². The van der Waals surface area contributed by atoms with E-state index in [1.54, 1.807) is 11.3 Å². The molecule has 11 heteroatoms. The zero-order valence-electron chi connectivity index (χ0n) is 15.2. The summed E-state index contributed by atoms with van der Waals surface area (Å²) in [6, 6.07) is 3.97. The second-order valence-corrected chi connectivity index (χ2v) is 6.85. The third-order valence-corrected chi connectivity index (χ3v) is 4.63. The molecule has 0 saturated carbocycles. The molecule has 0 aromatic carbocycles. The molecule has 0 bridgehead atoms. The lowest BCUT2D eigenvalue weighted by Crippen LogP contribution is -2.37. The van der Waals surface area contributed by atoms with Gasteiger partial charge in [-0.2, -0.15) is 13.2 Å². The first-order valence-corrected chi connectivity index (χ1v) is 9.19. The third-order valence-electron chi connectivity index (χ3n) is 3.75. The Bertz CT molecular complexity index is 700. The first-order chi connectivity index (χ1) is 12.3. The fraction of sp³-hybridized carbons (Fsp3) is 0.562. The molecule has 0 saturated heterocycles. The van der Waals surface area contributed by atoms with Crippen LogP contribution in [0.15, 0.2) is 22.5 Å². The molecule has 2 heterocycles. The maximum absolute atomic E-state index is 12.2. The average molecular weight is 516 g/mol. The van der Waals surface area contributed by atoms with Crippen LogP contribution in [0.1, 0.15) is 35.8 Å². The second kappa shape index (κ2) is 11.5. The number of unbranched alkanes of at least 4 members (excludes halogenated alkanes) is 1. The fourth-order valence-electron chi connectivity index (χ4n) is 2.15. The summed E-state index contributed by atoms with van der Waals surface area (Å²) in [6.45, 7) is 3.21. The van der Waals surface area contributed by atoms with Gasteiger partial charge in [0.15, 0.2) is 11.8 Å². The van der Waals surface area contributed by atoms with Gasteiger partial charge in [0.2, 0.25) is 0 Å². The molecule has 2 aromatic heterocycles. The zero-order valence-corrected chi connectivity index (χ0v) is 18.4. The zero-order chi connectivity index (χ0) is 19.0. The van der Waals surface area contributed by atoms with Crippen LogP contribution in [0.3, 0.4) is 0 Å². The van der Waals surface area contributed by atoms with Gasteiger partial charge >= 0.3 is 6.18 Å². The number of alkyl halides is 3. The van der Waals surface area contributed by atoms with E-state index in [-0.39, 0.29) is 30.4 Å². The smallest absolute Gasteiger partial charge is 0.356 e. The summed E-state index contributed by atoms with van der Waals surface area (Å²) in [4.78, 5) is 5.61. The van der Waals surface area contributed by atoms with Crippen LogP contribution in [0, 0.1) is 6.92 Å². The van der Waals surface area contributed by atoms with Crippen LogP contribution in [0.5, 0.6) is 0 Å². The number of hydrogen-bond acceptors (Lipinski definition) is 4. The van der Waals surface area contributed by atoms with E-state index >= 15 is 0 Å². The van der Waals surface area contributed by atoms with Crippen LogP contribution in [0.4, 0.5) is 13.2 Å². The van der Waals surface area contributed by atoms with Gasteiger partial charge in [-0.1, -0.05) is 6.07 Å². The van der Waals surface area contributed by atoms with Gasteiger partial charge in [0.1, 0.15) is 12.4 Å². The number of aliphatic imine (C=N–C) groups is 1. The van der Waals surface area contributed by atoms with Gasteiger partial charge in [0, 0.05) is 24.9 Å². The number of thiophene rings is 1. The minimum Gasteiger partial charge on any atom is -0.356 e. The van der Waals surface area contributed by atoms with Crippen LogP contribution in [-0.2, 0) is 20.1 Å². The summed E-state index contributed by atoms with van der Waals surface area (Å²) in [5, 5.41) is 16.3. The number of nitrogens with zero attached hydrogens (tertiary/aromatic N) is 4. The summed E-state index contributed by atoms with van der Waals surface area (Å²) in [5.74, 6) is 2.06. The second-order valence-electron chi connectivity index (χ2n) is 5.82. The molecule has 0 spiro atoms. The minimum absolute atomic E-state index is 0. The van der Waals surface area contributed by atoms with Crippen molar-refractivity contribution in [3.63, 3.8) is 0 Å². The summed E-state index contributed by atoms with van der Waals surface area (Å²) < 4.78 is 38.4. The Morgan fingerprint density at radius 1 is 1.26 bits per heavy atom. The standard InChI is InChI=1S/C16H23F3N6S.HI/c1-12-23-24-14(25(12)2)11-22-15(21-10-13-6-5-9-26-13)20-8-4-3-7-16(17,18)19;/h5-6,9H,3-4,7-8,10-11H2,1-2H3,(H2,20,21,22);1H. The van der Waals surface area contributed by atoms with E-state index in [0.29, 0.717) is 32.0 Å². The highest BCUT2D eigenvalue weighted by Crippen LogP contribution is 2.21. The van der Waals surface area contributed by atoms with Crippen molar-refractivity contribution in [3.05, 3.63) is 34.0 Å². The predicted octanol–water partition coefficient (Wildman–Crippen LogP) is 3.77. The van der Waals surface area contributed by atoms with Gasteiger partial charge in [-0.25, -0.2) is 4.99 Å². The maximum atomic E-state index is 12.2. The highest BCUT2D eigenvalue weighted by molar-refractivity contribution is 14.0. The van der Waals surface area contributed by atoms with Crippen LogP contribution < -0.4 is 10.6 Å². The lowest BCUT2D eigenvalue weighted by atomic mass is 10.2. The summed E-state index contributed by atoms with van der Waals surface area (Å²) in [7, 11) is 1.86. The van der Waals surface area contributed by atoms with Crippen molar-refractivity contribution in [2.45, 2.75) is 45.5 Å². The molecule has 0 aliphatic carbocycles. The van der Waals surface area contributed by atoms with E-state index in [4.69, 9.17) is 0 Å². The molecule has 2 rings (SSSR count). The molecule has 0 fully saturated rings. The number of aryl methyl sites for hydroxylation is 1. The van der Waals surface area contributed by atoms with Crippen LogP contribution >= 0.6 is 35.3 Å². The monoisotopic (exact) mass is 516 g/mol. The highest BCUT2D eigenvalue weighted by Gasteiger charge is 2.25. The van der Waals surface area contributed by atoms with Crippen molar-refractivity contribution in [2.24, 2.45) is 12.0 Å². The molecular formula is C16H24F3IN6S. The molecule has 0 atom stereocenters. The quantitative estimate of drug-likeness (QED) is 0.243. The largest absolute Gasteiger partial charge is 0.389 e. The normalized spacial score (nSPS) is 12.0. The van der Waals surface area contributed by atoms with Gasteiger partial charge in [-0.05, 0) is 31.2 Å². The number of nitrogens with one attached hydrogen (secondary N) is 2. The predicted molar refractivity (Wildman–Crippen MR) is 111 cm³/mol. The molecule has 2 aromatic rings. The van der Waals surface area contributed by atoms with Gasteiger partial charge in [-0.15, -0.1) is 45.5 Å².